The second-order valence-electron chi connectivity index (χ2n) is 7.23. The van der Waals surface area contributed by atoms with Gasteiger partial charge in [-0.25, -0.2) is 0 Å². The van der Waals surface area contributed by atoms with Crippen LogP contribution in [0.4, 0.5) is 74.6 Å². The number of methoxy groups -OCH3 is 1. The van der Waals surface area contributed by atoms with Crippen molar-refractivity contribution in [1.29, 1.82) is 0 Å². The molecule has 0 fully saturated rings. The van der Waals surface area contributed by atoms with Gasteiger partial charge in [-0.05, 0) is 0 Å². The van der Waals surface area contributed by atoms with Gasteiger partial charge in [0.25, 0.3) is 0 Å². The Hall–Kier alpha value is -1.35. The molecule has 0 aliphatic rings. The Balaban J connectivity index is 5.46. The monoisotopic (exact) mass is 610 g/mol. The third-order valence-electron chi connectivity index (χ3n) is 4.52. The molecule has 0 rings (SSSR count). The van der Waals surface area contributed by atoms with Gasteiger partial charge in [0, 0.05) is 13.5 Å². The molecular formula is C17H19F17O4. The standard InChI is InChI=1S/C17H19F17O4/c1-35-4-5-37-8-9-38-7-6-36-3-2-10(18,19)11(20,21)12(22,23)13(24,25)14(26,27)15(28,29)16(30,31)17(32,33)34/h2-9H2,1H3. The summed E-state index contributed by atoms with van der Waals surface area (Å²) in [7, 11) is 1.37. The summed E-state index contributed by atoms with van der Waals surface area (Å²) < 4.78 is 242. The van der Waals surface area contributed by atoms with E-state index in [9.17, 15) is 74.6 Å². The average molecular weight is 610 g/mol. The smallest absolute Gasteiger partial charge is 0.382 e. The zero-order chi connectivity index (χ0) is 30.5. The fourth-order valence-corrected chi connectivity index (χ4v) is 2.24. The maximum absolute atomic E-state index is 13.7. The molecule has 0 aromatic rings. The van der Waals surface area contributed by atoms with Gasteiger partial charge in [-0.2, -0.15) is 74.6 Å². The summed E-state index contributed by atoms with van der Waals surface area (Å²) in [5.74, 6) is -56.4. The molecule has 21 heteroatoms. The third-order valence-corrected chi connectivity index (χ3v) is 4.52. The van der Waals surface area contributed by atoms with Crippen molar-refractivity contribution in [3.63, 3.8) is 0 Å². The van der Waals surface area contributed by atoms with E-state index in [2.05, 4.69) is 9.47 Å². The van der Waals surface area contributed by atoms with E-state index in [1.54, 1.807) is 0 Å². The maximum atomic E-state index is 13.7. The van der Waals surface area contributed by atoms with Crippen molar-refractivity contribution in [3.05, 3.63) is 0 Å². The number of alkyl halides is 17. The lowest BCUT2D eigenvalue weighted by Crippen LogP contribution is -2.74. The molecule has 0 bridgehead atoms. The van der Waals surface area contributed by atoms with Crippen molar-refractivity contribution in [2.75, 3.05) is 53.4 Å². The first-order valence-electron chi connectivity index (χ1n) is 9.75. The van der Waals surface area contributed by atoms with Crippen molar-refractivity contribution in [1.82, 2.24) is 0 Å². The minimum Gasteiger partial charge on any atom is -0.382 e. The van der Waals surface area contributed by atoms with Crippen molar-refractivity contribution >= 4 is 0 Å². The van der Waals surface area contributed by atoms with Crippen molar-refractivity contribution < 1.29 is 93.6 Å². The quantitative estimate of drug-likeness (QED) is 0.139. The lowest BCUT2D eigenvalue weighted by atomic mass is 9.88. The molecule has 0 atom stereocenters. The first-order chi connectivity index (χ1) is 16.8. The SMILES string of the molecule is COCCOCCOCCOCCC(F)(F)C(F)(F)C(F)(F)C(F)(F)C(F)(F)C(F)(F)C(F)(F)C(F)(F)F. The van der Waals surface area contributed by atoms with E-state index in [0.717, 1.165) is 0 Å². The number of halogens is 17. The molecule has 0 saturated heterocycles. The fraction of sp³-hybridized carbons (Fsp3) is 1.00. The van der Waals surface area contributed by atoms with Crippen LogP contribution >= 0.6 is 0 Å². The highest BCUT2D eigenvalue weighted by molar-refractivity contribution is 5.15. The van der Waals surface area contributed by atoms with Crippen LogP contribution in [-0.2, 0) is 18.9 Å². The molecule has 0 spiro atoms. The Labute approximate surface area is 202 Å². The number of ether oxygens (including phenoxy) is 4. The Kier molecular flexibility index (Phi) is 12.0. The predicted molar refractivity (Wildman–Crippen MR) is 89.6 cm³/mol. The van der Waals surface area contributed by atoms with E-state index in [1.165, 1.54) is 7.11 Å². The summed E-state index contributed by atoms with van der Waals surface area (Å²) in [6, 6.07) is 0. The van der Waals surface area contributed by atoms with Crippen molar-refractivity contribution in [2.24, 2.45) is 0 Å². The fourth-order valence-electron chi connectivity index (χ4n) is 2.24. The van der Waals surface area contributed by atoms with Crippen LogP contribution in [-0.4, -0.2) is 101 Å². The summed E-state index contributed by atoms with van der Waals surface area (Å²) >= 11 is 0. The lowest BCUT2D eigenvalue weighted by Gasteiger charge is -2.42. The number of hydrogen-bond donors (Lipinski definition) is 0. The zero-order valence-electron chi connectivity index (χ0n) is 18.7. The zero-order valence-corrected chi connectivity index (χ0v) is 18.7. The molecule has 0 N–H and O–H groups in total. The Bertz CT molecular complexity index is 724. The van der Waals surface area contributed by atoms with E-state index in [1.807, 2.05) is 0 Å². The normalized spacial score (nSPS) is 15.3. The van der Waals surface area contributed by atoms with Gasteiger partial charge in [0.05, 0.1) is 46.2 Å². The summed E-state index contributed by atoms with van der Waals surface area (Å²) in [4.78, 5) is 0. The van der Waals surface area contributed by atoms with E-state index in [4.69, 9.17) is 9.47 Å². The highest BCUT2D eigenvalue weighted by Crippen LogP contribution is 2.64. The highest BCUT2D eigenvalue weighted by atomic mass is 19.4. The molecule has 0 amide bonds. The van der Waals surface area contributed by atoms with Crippen LogP contribution in [0.5, 0.6) is 0 Å². The van der Waals surface area contributed by atoms with Crippen LogP contribution in [0.2, 0.25) is 0 Å². The van der Waals surface area contributed by atoms with E-state index < -0.39 is 73.9 Å². The first kappa shape index (κ1) is 36.6. The predicted octanol–water partition coefficient (Wildman–Crippen LogP) is 6.08. The number of rotatable bonds is 18. The molecule has 0 radical (unpaired) electrons. The van der Waals surface area contributed by atoms with Gasteiger partial charge in [0.1, 0.15) is 0 Å². The van der Waals surface area contributed by atoms with Crippen LogP contribution in [0, 0.1) is 0 Å². The first-order valence-corrected chi connectivity index (χ1v) is 9.75. The van der Waals surface area contributed by atoms with Crippen molar-refractivity contribution in [2.45, 2.75) is 54.1 Å². The summed E-state index contributed by atoms with van der Waals surface area (Å²) in [5, 5.41) is 0. The van der Waals surface area contributed by atoms with Crippen LogP contribution < -0.4 is 0 Å². The van der Waals surface area contributed by atoms with Crippen LogP contribution in [0.15, 0.2) is 0 Å². The molecular weight excluding hydrogens is 591 g/mol. The van der Waals surface area contributed by atoms with Gasteiger partial charge in [-0.1, -0.05) is 0 Å². The molecule has 0 saturated carbocycles. The van der Waals surface area contributed by atoms with E-state index in [0.29, 0.717) is 0 Å². The van der Waals surface area contributed by atoms with Gasteiger partial charge in [-0.15, -0.1) is 0 Å². The molecule has 230 valence electrons. The molecule has 0 aliphatic heterocycles. The van der Waals surface area contributed by atoms with Gasteiger partial charge >= 0.3 is 47.6 Å². The van der Waals surface area contributed by atoms with Crippen LogP contribution in [0.1, 0.15) is 6.42 Å². The largest absolute Gasteiger partial charge is 0.460 e. The Morgan fingerprint density at radius 2 is 0.658 bits per heavy atom. The summed E-state index contributed by atoms with van der Waals surface area (Å²) in [6.07, 6.45) is -10.4. The molecule has 0 unspecified atom stereocenters. The third kappa shape index (κ3) is 6.86. The molecule has 4 nitrogen and oxygen atoms in total. The van der Waals surface area contributed by atoms with Gasteiger partial charge in [-0.3, -0.25) is 0 Å². The molecule has 0 aromatic heterocycles. The average Bonchev–Trinajstić information content (AvgIpc) is 2.75. The minimum atomic E-state index is -8.64. The number of hydrogen-bond acceptors (Lipinski definition) is 4. The molecule has 0 aromatic carbocycles. The summed E-state index contributed by atoms with van der Waals surface area (Å²) in [5.41, 5.74) is 0. The second-order valence-corrected chi connectivity index (χ2v) is 7.23. The second kappa shape index (κ2) is 12.4. The molecule has 0 heterocycles. The molecule has 0 aliphatic carbocycles. The van der Waals surface area contributed by atoms with Crippen LogP contribution in [0.25, 0.3) is 0 Å². The van der Waals surface area contributed by atoms with E-state index in [-0.39, 0.29) is 26.4 Å². The maximum Gasteiger partial charge on any atom is 0.460 e. The van der Waals surface area contributed by atoms with Gasteiger partial charge < -0.3 is 18.9 Å². The minimum absolute atomic E-state index is 0.00443. The van der Waals surface area contributed by atoms with E-state index >= 15 is 0 Å². The Morgan fingerprint density at radius 3 is 1.00 bits per heavy atom. The van der Waals surface area contributed by atoms with Crippen molar-refractivity contribution in [3.8, 4) is 0 Å². The molecule has 38 heavy (non-hydrogen) atoms. The lowest BCUT2D eigenvalue weighted by molar-refractivity contribution is -0.462. The Morgan fingerprint density at radius 1 is 0.368 bits per heavy atom. The summed E-state index contributed by atoms with van der Waals surface area (Å²) in [6.45, 7) is -2.55. The van der Waals surface area contributed by atoms with Gasteiger partial charge in [0.2, 0.25) is 0 Å². The highest BCUT2D eigenvalue weighted by Gasteiger charge is 2.95. The van der Waals surface area contributed by atoms with Gasteiger partial charge in [0.15, 0.2) is 0 Å². The topological polar surface area (TPSA) is 36.9 Å². The van der Waals surface area contributed by atoms with Crippen LogP contribution in [0.3, 0.4) is 0 Å².